The fourth-order valence-electron chi connectivity index (χ4n) is 3.58. The zero-order valence-electron chi connectivity index (χ0n) is 13.0. The normalized spacial score (nSPS) is 15.5. The van der Waals surface area contributed by atoms with Crippen LogP contribution in [0.5, 0.6) is 0 Å². The fourth-order valence-corrected chi connectivity index (χ4v) is 3.58. The Labute approximate surface area is 132 Å². The lowest BCUT2D eigenvalue weighted by Gasteiger charge is -2.14. The van der Waals surface area contributed by atoms with E-state index in [-0.39, 0.29) is 0 Å². The number of aryl methyl sites for hydroxylation is 1. The zero-order chi connectivity index (χ0) is 14.9. The summed E-state index contributed by atoms with van der Waals surface area (Å²) in [6.07, 6.45) is 5.27. The molecular weight excluding hydrogens is 266 g/mol. The Bertz CT molecular complexity index is 796. The van der Waals surface area contributed by atoms with Gasteiger partial charge in [-0.05, 0) is 31.2 Å². The van der Waals surface area contributed by atoms with Gasteiger partial charge in [-0.25, -0.2) is 0 Å². The Morgan fingerprint density at radius 3 is 2.41 bits per heavy atom. The van der Waals surface area contributed by atoms with E-state index in [2.05, 4.69) is 61.5 Å². The van der Waals surface area contributed by atoms with E-state index in [1.54, 1.807) is 0 Å². The van der Waals surface area contributed by atoms with Crippen LogP contribution in [0.2, 0.25) is 0 Å². The van der Waals surface area contributed by atoms with E-state index in [9.17, 15) is 0 Å². The van der Waals surface area contributed by atoms with Crippen molar-refractivity contribution in [1.29, 1.82) is 0 Å². The van der Waals surface area contributed by atoms with Gasteiger partial charge in [-0.15, -0.1) is 0 Å². The molecule has 2 aromatic carbocycles. The van der Waals surface area contributed by atoms with Crippen molar-refractivity contribution in [3.8, 4) is 11.3 Å². The van der Waals surface area contributed by atoms with Crippen LogP contribution in [0.4, 0.5) is 0 Å². The second-order valence-corrected chi connectivity index (χ2v) is 6.46. The molecule has 0 bridgehead atoms. The Morgan fingerprint density at radius 1 is 0.909 bits per heavy atom. The van der Waals surface area contributed by atoms with E-state index in [0.29, 0.717) is 5.92 Å². The number of hydrogen-bond acceptors (Lipinski definition) is 1. The summed E-state index contributed by atoms with van der Waals surface area (Å²) < 4.78 is 0. The van der Waals surface area contributed by atoms with Crippen LogP contribution in [-0.2, 0) is 0 Å². The van der Waals surface area contributed by atoms with Crippen molar-refractivity contribution < 1.29 is 0 Å². The van der Waals surface area contributed by atoms with E-state index < -0.39 is 0 Å². The van der Waals surface area contributed by atoms with E-state index in [4.69, 9.17) is 4.98 Å². The quantitative estimate of drug-likeness (QED) is 0.574. The van der Waals surface area contributed by atoms with Gasteiger partial charge in [0.2, 0.25) is 0 Å². The third-order valence-corrected chi connectivity index (χ3v) is 4.86. The first-order valence-corrected chi connectivity index (χ1v) is 8.28. The Hall–Kier alpha value is -2.15. The van der Waals surface area contributed by atoms with Gasteiger partial charge in [0.05, 0.1) is 5.69 Å². The van der Waals surface area contributed by atoms with E-state index in [1.165, 1.54) is 53.3 Å². The number of rotatable bonds is 2. The topological polar surface area (TPSA) is 12.9 Å². The van der Waals surface area contributed by atoms with Crippen molar-refractivity contribution in [3.05, 3.63) is 65.9 Å². The van der Waals surface area contributed by atoms with Crippen LogP contribution in [0.15, 0.2) is 54.6 Å². The maximum absolute atomic E-state index is 5.08. The summed E-state index contributed by atoms with van der Waals surface area (Å²) in [5.41, 5.74) is 4.94. The van der Waals surface area contributed by atoms with Gasteiger partial charge >= 0.3 is 0 Å². The van der Waals surface area contributed by atoms with E-state index >= 15 is 0 Å². The highest BCUT2D eigenvalue weighted by Gasteiger charge is 2.20. The first-order valence-electron chi connectivity index (χ1n) is 8.28. The van der Waals surface area contributed by atoms with E-state index in [0.717, 1.165) is 5.69 Å². The molecule has 22 heavy (non-hydrogen) atoms. The summed E-state index contributed by atoms with van der Waals surface area (Å²) in [4.78, 5) is 5.08. The molecule has 1 fully saturated rings. The van der Waals surface area contributed by atoms with Crippen LogP contribution in [0.1, 0.15) is 42.9 Å². The van der Waals surface area contributed by atoms with Crippen molar-refractivity contribution in [1.82, 2.24) is 4.98 Å². The zero-order valence-corrected chi connectivity index (χ0v) is 13.0. The number of aromatic nitrogens is 1. The molecule has 3 aromatic rings. The standard InChI is InChI=1S/C21H21N/c1-15-10-12-17(13-11-15)21-19-9-5-4-8-18(19)14-20(22-21)16-6-2-3-7-16/h4-5,8-14,16H,2-3,6-7H2,1H3. The lowest BCUT2D eigenvalue weighted by Crippen LogP contribution is -1.99. The maximum Gasteiger partial charge on any atom is 0.0783 e. The summed E-state index contributed by atoms with van der Waals surface area (Å²) in [5.74, 6) is 0.647. The molecule has 110 valence electrons. The van der Waals surface area contributed by atoms with E-state index in [1.807, 2.05) is 0 Å². The average Bonchev–Trinajstić information content (AvgIpc) is 3.09. The summed E-state index contributed by atoms with van der Waals surface area (Å²) in [6.45, 7) is 2.13. The molecule has 0 N–H and O–H groups in total. The monoisotopic (exact) mass is 287 g/mol. The Balaban J connectivity index is 1.92. The summed E-state index contributed by atoms with van der Waals surface area (Å²) in [5, 5.41) is 2.57. The number of benzene rings is 2. The molecule has 1 heteroatoms. The maximum atomic E-state index is 5.08. The number of hydrogen-bond donors (Lipinski definition) is 0. The molecule has 0 atom stereocenters. The highest BCUT2D eigenvalue weighted by Crippen LogP contribution is 2.36. The highest BCUT2D eigenvalue weighted by molar-refractivity contribution is 5.94. The number of nitrogens with zero attached hydrogens (tertiary/aromatic N) is 1. The molecule has 1 saturated carbocycles. The van der Waals surface area contributed by atoms with Crippen LogP contribution < -0.4 is 0 Å². The summed E-state index contributed by atoms with van der Waals surface area (Å²) in [7, 11) is 0. The third kappa shape index (κ3) is 2.41. The predicted octanol–water partition coefficient (Wildman–Crippen LogP) is 5.87. The van der Waals surface area contributed by atoms with Crippen LogP contribution >= 0.6 is 0 Å². The molecule has 0 aliphatic heterocycles. The van der Waals surface area contributed by atoms with Crippen molar-refractivity contribution in [2.75, 3.05) is 0 Å². The molecule has 1 aliphatic rings. The van der Waals surface area contributed by atoms with Gasteiger partial charge in [0.1, 0.15) is 0 Å². The SMILES string of the molecule is Cc1ccc(-c2nc(C3CCCC3)cc3ccccc23)cc1. The number of fused-ring (bicyclic) bond motifs is 1. The third-order valence-electron chi connectivity index (χ3n) is 4.86. The lowest BCUT2D eigenvalue weighted by molar-refractivity contribution is 0.700. The van der Waals surface area contributed by atoms with Crippen molar-refractivity contribution in [2.45, 2.75) is 38.5 Å². The first kappa shape index (κ1) is 13.5. The molecule has 1 nitrogen and oxygen atoms in total. The summed E-state index contributed by atoms with van der Waals surface area (Å²) >= 11 is 0. The van der Waals surface area contributed by atoms with Crippen molar-refractivity contribution in [3.63, 3.8) is 0 Å². The second kappa shape index (κ2) is 5.57. The molecule has 1 heterocycles. The number of pyridine rings is 1. The molecule has 4 rings (SSSR count). The fraction of sp³-hybridized carbons (Fsp3) is 0.286. The van der Waals surface area contributed by atoms with Crippen molar-refractivity contribution >= 4 is 10.8 Å². The summed E-state index contributed by atoms with van der Waals surface area (Å²) in [6, 6.07) is 19.7. The van der Waals surface area contributed by atoms with Gasteiger partial charge in [0.15, 0.2) is 0 Å². The van der Waals surface area contributed by atoms with Crippen LogP contribution in [0.3, 0.4) is 0 Å². The van der Waals surface area contributed by atoms with Gasteiger partial charge in [-0.3, -0.25) is 4.98 Å². The molecular formula is C21H21N. The minimum Gasteiger partial charge on any atom is -0.252 e. The molecule has 0 saturated heterocycles. The molecule has 0 radical (unpaired) electrons. The smallest absolute Gasteiger partial charge is 0.0783 e. The molecule has 0 amide bonds. The molecule has 1 aromatic heterocycles. The van der Waals surface area contributed by atoms with Gasteiger partial charge in [-0.2, -0.15) is 0 Å². The van der Waals surface area contributed by atoms with Crippen molar-refractivity contribution in [2.24, 2.45) is 0 Å². The Morgan fingerprint density at radius 2 is 1.64 bits per heavy atom. The highest BCUT2D eigenvalue weighted by atomic mass is 14.7. The molecule has 1 aliphatic carbocycles. The van der Waals surface area contributed by atoms with Crippen LogP contribution in [0, 0.1) is 6.92 Å². The Kier molecular flexibility index (Phi) is 3.42. The molecule has 0 unspecified atom stereocenters. The van der Waals surface area contributed by atoms with Gasteiger partial charge in [-0.1, -0.05) is 66.9 Å². The first-order chi connectivity index (χ1) is 10.8. The minimum absolute atomic E-state index is 0.647. The van der Waals surface area contributed by atoms with Gasteiger partial charge in [0.25, 0.3) is 0 Å². The predicted molar refractivity (Wildman–Crippen MR) is 93.1 cm³/mol. The lowest BCUT2D eigenvalue weighted by atomic mass is 9.97. The largest absolute Gasteiger partial charge is 0.252 e. The van der Waals surface area contributed by atoms with Crippen LogP contribution in [0.25, 0.3) is 22.0 Å². The minimum atomic E-state index is 0.647. The average molecular weight is 287 g/mol. The van der Waals surface area contributed by atoms with Crippen LogP contribution in [-0.4, -0.2) is 4.98 Å². The second-order valence-electron chi connectivity index (χ2n) is 6.46. The van der Waals surface area contributed by atoms with Gasteiger partial charge in [0, 0.05) is 22.6 Å². The molecule has 0 spiro atoms. The van der Waals surface area contributed by atoms with Gasteiger partial charge < -0.3 is 0 Å².